The molecule has 0 amide bonds. The normalized spacial score (nSPS) is 13.4. The van der Waals surface area contributed by atoms with Gasteiger partial charge in [-0.15, -0.1) is 24.0 Å². The van der Waals surface area contributed by atoms with E-state index < -0.39 is 0 Å². The van der Waals surface area contributed by atoms with E-state index in [4.69, 9.17) is 5.73 Å². The molecule has 3 rings (SSSR count). The molecule has 0 radical (unpaired) electrons. The van der Waals surface area contributed by atoms with Crippen LogP contribution in [0, 0.1) is 0 Å². The van der Waals surface area contributed by atoms with E-state index in [0.29, 0.717) is 12.5 Å². The highest BCUT2D eigenvalue weighted by Crippen LogP contribution is 2.24. The molecule has 0 fully saturated rings. The van der Waals surface area contributed by atoms with Gasteiger partial charge in [0.25, 0.3) is 0 Å². The molecule has 0 bridgehead atoms. The Hall–Kier alpha value is -1.08. The van der Waals surface area contributed by atoms with Crippen LogP contribution in [0.2, 0.25) is 0 Å². The van der Waals surface area contributed by atoms with Crippen molar-refractivity contribution in [3.05, 3.63) is 63.6 Å². The van der Waals surface area contributed by atoms with Crippen LogP contribution >= 0.6 is 39.9 Å². The van der Waals surface area contributed by atoms with E-state index in [0.717, 1.165) is 15.7 Å². The molecule has 5 heteroatoms. The quantitative estimate of drug-likeness (QED) is 0.394. The average molecular weight is 472 g/mol. The van der Waals surface area contributed by atoms with Gasteiger partial charge in [0.2, 0.25) is 0 Å². The second-order valence-electron chi connectivity index (χ2n) is 5.29. The van der Waals surface area contributed by atoms with Gasteiger partial charge in [-0.25, -0.2) is 4.99 Å². The SMILES string of the molecule is I.NC(=NCc1cccc(Br)c1)Nc1ccc2c(c1)CCC2. The van der Waals surface area contributed by atoms with Crippen LogP contribution in [0.5, 0.6) is 0 Å². The predicted octanol–water partition coefficient (Wildman–Crippen LogP) is 4.48. The molecule has 0 aliphatic heterocycles. The number of rotatable bonds is 3. The number of fused-ring (bicyclic) bond motifs is 1. The van der Waals surface area contributed by atoms with Crippen LogP contribution in [0.25, 0.3) is 0 Å². The molecule has 0 heterocycles. The maximum atomic E-state index is 5.96. The molecule has 1 aliphatic rings. The van der Waals surface area contributed by atoms with Crippen LogP contribution in [0.1, 0.15) is 23.1 Å². The van der Waals surface area contributed by atoms with Crippen LogP contribution in [0.15, 0.2) is 51.9 Å². The Morgan fingerprint density at radius 3 is 2.77 bits per heavy atom. The molecule has 0 saturated heterocycles. The fourth-order valence-electron chi connectivity index (χ4n) is 2.65. The van der Waals surface area contributed by atoms with Crippen molar-refractivity contribution in [1.82, 2.24) is 0 Å². The van der Waals surface area contributed by atoms with Gasteiger partial charge in [0.15, 0.2) is 5.96 Å². The van der Waals surface area contributed by atoms with Crippen molar-refractivity contribution < 1.29 is 0 Å². The second kappa shape index (κ2) is 7.97. The van der Waals surface area contributed by atoms with E-state index in [1.54, 1.807) is 0 Å². The topological polar surface area (TPSA) is 50.4 Å². The van der Waals surface area contributed by atoms with Gasteiger partial charge in [0.1, 0.15) is 0 Å². The molecule has 2 aromatic carbocycles. The minimum absolute atomic E-state index is 0. The molecule has 1 aliphatic carbocycles. The highest BCUT2D eigenvalue weighted by molar-refractivity contribution is 14.0. The molecule has 0 unspecified atom stereocenters. The van der Waals surface area contributed by atoms with Crippen molar-refractivity contribution in [1.29, 1.82) is 0 Å². The minimum atomic E-state index is 0. The number of hydrogen-bond acceptors (Lipinski definition) is 1. The monoisotopic (exact) mass is 471 g/mol. The number of anilines is 1. The Labute approximate surface area is 156 Å². The van der Waals surface area contributed by atoms with Gasteiger partial charge >= 0.3 is 0 Å². The summed E-state index contributed by atoms with van der Waals surface area (Å²) in [6, 6.07) is 14.5. The van der Waals surface area contributed by atoms with E-state index in [1.807, 2.05) is 24.3 Å². The first-order valence-corrected chi connectivity index (χ1v) is 7.93. The highest BCUT2D eigenvalue weighted by Gasteiger charge is 2.10. The minimum Gasteiger partial charge on any atom is -0.370 e. The number of benzene rings is 2. The molecule has 0 aromatic heterocycles. The summed E-state index contributed by atoms with van der Waals surface area (Å²) in [7, 11) is 0. The Kier molecular flexibility index (Phi) is 6.26. The predicted molar refractivity (Wildman–Crippen MR) is 107 cm³/mol. The van der Waals surface area contributed by atoms with Crippen molar-refractivity contribution in [2.75, 3.05) is 5.32 Å². The summed E-state index contributed by atoms with van der Waals surface area (Å²) in [5.74, 6) is 0.452. The van der Waals surface area contributed by atoms with Gasteiger partial charge in [-0.2, -0.15) is 0 Å². The lowest BCUT2D eigenvalue weighted by Crippen LogP contribution is -2.22. The largest absolute Gasteiger partial charge is 0.370 e. The van der Waals surface area contributed by atoms with E-state index in [1.165, 1.54) is 30.4 Å². The molecule has 3 N–H and O–H groups in total. The fourth-order valence-corrected chi connectivity index (χ4v) is 3.10. The van der Waals surface area contributed by atoms with Gasteiger partial charge in [-0.05, 0) is 60.2 Å². The molecule has 22 heavy (non-hydrogen) atoms. The number of nitrogens with one attached hydrogen (secondary N) is 1. The molecule has 0 saturated carbocycles. The van der Waals surface area contributed by atoms with Gasteiger partial charge < -0.3 is 11.1 Å². The maximum Gasteiger partial charge on any atom is 0.193 e. The van der Waals surface area contributed by atoms with Crippen LogP contribution in [0.4, 0.5) is 5.69 Å². The zero-order chi connectivity index (χ0) is 14.7. The van der Waals surface area contributed by atoms with Crippen LogP contribution in [0.3, 0.4) is 0 Å². The smallest absolute Gasteiger partial charge is 0.193 e. The molecule has 0 spiro atoms. The van der Waals surface area contributed by atoms with Crippen molar-refractivity contribution in [3.63, 3.8) is 0 Å². The van der Waals surface area contributed by atoms with Crippen LogP contribution < -0.4 is 11.1 Å². The van der Waals surface area contributed by atoms with Crippen molar-refractivity contribution >= 4 is 51.6 Å². The number of nitrogens with two attached hydrogens (primary N) is 1. The molecular formula is C17H19BrIN3. The van der Waals surface area contributed by atoms with E-state index in [2.05, 4.69) is 44.4 Å². The van der Waals surface area contributed by atoms with Gasteiger partial charge in [-0.1, -0.05) is 34.1 Å². The number of halogens is 2. The van der Waals surface area contributed by atoms with Gasteiger partial charge in [0.05, 0.1) is 6.54 Å². The fraction of sp³-hybridized carbons (Fsp3) is 0.235. The third kappa shape index (κ3) is 4.46. The third-order valence-corrected chi connectivity index (χ3v) is 4.19. The van der Waals surface area contributed by atoms with E-state index in [9.17, 15) is 0 Å². The van der Waals surface area contributed by atoms with Crippen molar-refractivity contribution in [3.8, 4) is 0 Å². The summed E-state index contributed by atoms with van der Waals surface area (Å²) in [6.45, 7) is 0.573. The lowest BCUT2D eigenvalue weighted by molar-refractivity contribution is 0.912. The third-order valence-electron chi connectivity index (χ3n) is 3.69. The van der Waals surface area contributed by atoms with Crippen LogP contribution in [-0.2, 0) is 19.4 Å². The first-order chi connectivity index (χ1) is 10.2. The van der Waals surface area contributed by atoms with E-state index >= 15 is 0 Å². The van der Waals surface area contributed by atoms with Crippen molar-refractivity contribution in [2.24, 2.45) is 10.7 Å². The summed E-state index contributed by atoms with van der Waals surface area (Å²) in [4.78, 5) is 4.39. The second-order valence-corrected chi connectivity index (χ2v) is 6.21. The number of guanidine groups is 1. The summed E-state index contributed by atoms with van der Waals surface area (Å²) in [5.41, 5.74) is 11.0. The Morgan fingerprint density at radius 1 is 1.14 bits per heavy atom. The maximum absolute atomic E-state index is 5.96. The molecule has 2 aromatic rings. The Morgan fingerprint density at radius 2 is 1.95 bits per heavy atom. The molecular weight excluding hydrogens is 453 g/mol. The lowest BCUT2D eigenvalue weighted by atomic mass is 10.1. The average Bonchev–Trinajstić information content (AvgIpc) is 2.93. The Bertz CT molecular complexity index is 685. The van der Waals surface area contributed by atoms with Gasteiger partial charge in [0, 0.05) is 10.2 Å². The highest BCUT2D eigenvalue weighted by atomic mass is 127. The standard InChI is InChI=1S/C17H18BrN3.HI/c18-15-6-1-3-12(9-15)11-20-17(19)21-16-8-7-13-4-2-5-14(13)10-16;/h1,3,6-10H,2,4-5,11H2,(H3,19,20,21);1H. The summed E-state index contributed by atoms with van der Waals surface area (Å²) in [5, 5.41) is 3.17. The summed E-state index contributed by atoms with van der Waals surface area (Å²) < 4.78 is 1.06. The Balaban J connectivity index is 0.00000176. The zero-order valence-electron chi connectivity index (χ0n) is 12.2. The van der Waals surface area contributed by atoms with Crippen LogP contribution in [-0.4, -0.2) is 5.96 Å². The number of hydrogen-bond donors (Lipinski definition) is 2. The molecule has 116 valence electrons. The number of aryl methyl sites for hydroxylation is 2. The molecule has 0 atom stereocenters. The number of nitrogens with zero attached hydrogens (tertiary/aromatic N) is 1. The van der Waals surface area contributed by atoms with Gasteiger partial charge in [-0.3, -0.25) is 0 Å². The zero-order valence-corrected chi connectivity index (χ0v) is 16.1. The number of aliphatic imine (C=N–C) groups is 1. The lowest BCUT2D eigenvalue weighted by Gasteiger charge is -2.08. The van der Waals surface area contributed by atoms with E-state index in [-0.39, 0.29) is 24.0 Å². The summed E-state index contributed by atoms with van der Waals surface area (Å²) >= 11 is 3.46. The molecule has 3 nitrogen and oxygen atoms in total. The first kappa shape index (κ1) is 17.3. The van der Waals surface area contributed by atoms with Crippen molar-refractivity contribution in [2.45, 2.75) is 25.8 Å². The first-order valence-electron chi connectivity index (χ1n) is 7.14. The summed E-state index contributed by atoms with van der Waals surface area (Å²) in [6.07, 6.45) is 3.62.